The smallest absolute Gasteiger partial charge is 0.0805 e. The number of nitrogens with one attached hydrogen (secondary N) is 1. The zero-order valence-electron chi connectivity index (χ0n) is 9.10. The largest absolute Gasteiger partial charge is 0.397 e. The minimum Gasteiger partial charge on any atom is -0.397 e. The van der Waals surface area contributed by atoms with Crippen molar-refractivity contribution in [3.05, 3.63) is 59.1 Å². The van der Waals surface area contributed by atoms with Gasteiger partial charge in [-0.3, -0.25) is 5.43 Å². The quantitative estimate of drug-likeness (QED) is 0.495. The van der Waals surface area contributed by atoms with E-state index < -0.39 is 0 Å². The second-order valence-corrected chi connectivity index (χ2v) is 3.95. The molecule has 3 N–H and O–H groups in total. The number of halogens is 1. The maximum absolute atomic E-state index is 5.87. The number of benzene rings is 2. The Hall–Kier alpha value is -2.00. The van der Waals surface area contributed by atoms with Gasteiger partial charge in [0.15, 0.2) is 0 Å². The molecule has 2 rings (SSSR count). The lowest BCUT2D eigenvalue weighted by atomic mass is 10.2. The molecule has 0 aromatic heterocycles. The molecule has 0 aliphatic rings. The van der Waals surface area contributed by atoms with Crippen LogP contribution in [0.3, 0.4) is 0 Å². The predicted molar refractivity (Wildman–Crippen MR) is 73.5 cm³/mol. The van der Waals surface area contributed by atoms with Crippen molar-refractivity contribution in [3.63, 3.8) is 0 Å². The van der Waals surface area contributed by atoms with Crippen LogP contribution in [0.15, 0.2) is 53.6 Å². The third-order valence-corrected chi connectivity index (χ3v) is 2.45. The number of hydrogen-bond donors (Lipinski definition) is 2. The summed E-state index contributed by atoms with van der Waals surface area (Å²) in [5.41, 5.74) is 11.0. The van der Waals surface area contributed by atoms with Crippen LogP contribution in [-0.2, 0) is 0 Å². The van der Waals surface area contributed by atoms with Gasteiger partial charge < -0.3 is 5.73 Å². The normalized spacial score (nSPS) is 10.6. The Labute approximate surface area is 105 Å². The molecule has 0 heterocycles. The summed E-state index contributed by atoms with van der Waals surface area (Å²) >= 11 is 5.87. The number of anilines is 2. The highest BCUT2D eigenvalue weighted by molar-refractivity contribution is 6.31. The number of hydrogen-bond acceptors (Lipinski definition) is 3. The van der Waals surface area contributed by atoms with E-state index in [4.69, 9.17) is 17.3 Å². The molecule has 0 saturated carbocycles. The summed E-state index contributed by atoms with van der Waals surface area (Å²) in [6.07, 6.45) is 1.72. The summed E-state index contributed by atoms with van der Waals surface area (Å²) in [6, 6.07) is 15.0. The van der Waals surface area contributed by atoms with Gasteiger partial charge in [-0.1, -0.05) is 41.9 Å². The first kappa shape index (κ1) is 11.5. The Kier molecular flexibility index (Phi) is 3.62. The Morgan fingerprint density at radius 3 is 2.65 bits per heavy atom. The zero-order chi connectivity index (χ0) is 12.1. The molecule has 17 heavy (non-hydrogen) atoms. The average molecular weight is 246 g/mol. The lowest BCUT2D eigenvalue weighted by Gasteiger charge is -2.04. The van der Waals surface area contributed by atoms with E-state index in [1.807, 2.05) is 30.3 Å². The Morgan fingerprint density at radius 1 is 1.12 bits per heavy atom. The van der Waals surface area contributed by atoms with Crippen molar-refractivity contribution in [1.29, 1.82) is 0 Å². The molecule has 0 aliphatic heterocycles. The second kappa shape index (κ2) is 5.37. The fourth-order valence-electron chi connectivity index (χ4n) is 1.34. The molecule has 0 aliphatic carbocycles. The first-order chi connectivity index (χ1) is 8.25. The SMILES string of the molecule is Nc1ccc(Cl)cc1N/N=C\c1ccccc1. The molecule has 86 valence electrons. The Bertz CT molecular complexity index is 523. The third-order valence-electron chi connectivity index (χ3n) is 2.21. The zero-order valence-corrected chi connectivity index (χ0v) is 9.85. The summed E-state index contributed by atoms with van der Waals surface area (Å²) in [5, 5.41) is 4.72. The van der Waals surface area contributed by atoms with Gasteiger partial charge in [-0.05, 0) is 23.8 Å². The lowest BCUT2D eigenvalue weighted by molar-refractivity contribution is 1.35. The topological polar surface area (TPSA) is 50.4 Å². The minimum absolute atomic E-state index is 0.611. The van der Waals surface area contributed by atoms with E-state index in [1.54, 1.807) is 24.4 Å². The van der Waals surface area contributed by atoms with E-state index in [9.17, 15) is 0 Å². The Morgan fingerprint density at radius 2 is 1.88 bits per heavy atom. The number of nitrogens with two attached hydrogens (primary N) is 1. The third kappa shape index (κ3) is 3.23. The van der Waals surface area contributed by atoms with E-state index in [-0.39, 0.29) is 0 Å². The average Bonchev–Trinajstić information content (AvgIpc) is 2.35. The van der Waals surface area contributed by atoms with Crippen LogP contribution < -0.4 is 11.2 Å². The molecule has 2 aromatic carbocycles. The van der Waals surface area contributed by atoms with E-state index >= 15 is 0 Å². The van der Waals surface area contributed by atoms with Crippen molar-refractivity contribution in [1.82, 2.24) is 0 Å². The molecule has 0 unspecified atom stereocenters. The van der Waals surface area contributed by atoms with E-state index in [0.717, 1.165) is 5.56 Å². The van der Waals surface area contributed by atoms with Crippen molar-refractivity contribution in [2.75, 3.05) is 11.2 Å². The number of hydrazone groups is 1. The Balaban J connectivity index is 2.07. The number of nitrogens with zero attached hydrogens (tertiary/aromatic N) is 1. The summed E-state index contributed by atoms with van der Waals surface area (Å²) in [6.45, 7) is 0. The van der Waals surface area contributed by atoms with Gasteiger partial charge in [-0.15, -0.1) is 0 Å². The molecule has 0 saturated heterocycles. The summed E-state index contributed by atoms with van der Waals surface area (Å²) in [4.78, 5) is 0. The molecule has 2 aromatic rings. The second-order valence-electron chi connectivity index (χ2n) is 3.51. The fourth-order valence-corrected chi connectivity index (χ4v) is 1.51. The summed E-state index contributed by atoms with van der Waals surface area (Å²) in [5.74, 6) is 0. The molecule has 0 fully saturated rings. The minimum atomic E-state index is 0.611. The molecule has 0 spiro atoms. The van der Waals surface area contributed by atoms with Gasteiger partial charge in [-0.2, -0.15) is 5.10 Å². The van der Waals surface area contributed by atoms with Crippen molar-refractivity contribution >= 4 is 29.2 Å². The molecule has 0 bridgehead atoms. The first-order valence-electron chi connectivity index (χ1n) is 5.15. The predicted octanol–water partition coefficient (Wildman–Crippen LogP) is 3.37. The van der Waals surface area contributed by atoms with E-state index in [0.29, 0.717) is 16.4 Å². The van der Waals surface area contributed by atoms with Gasteiger partial charge in [0.2, 0.25) is 0 Å². The van der Waals surface area contributed by atoms with Crippen LogP contribution in [0.2, 0.25) is 5.02 Å². The molecular weight excluding hydrogens is 234 g/mol. The molecular formula is C13H12ClN3. The van der Waals surface area contributed by atoms with Crippen LogP contribution in [0.5, 0.6) is 0 Å². The van der Waals surface area contributed by atoms with Crippen LogP contribution >= 0.6 is 11.6 Å². The van der Waals surface area contributed by atoms with Crippen molar-refractivity contribution in [2.24, 2.45) is 5.10 Å². The summed E-state index contributed by atoms with van der Waals surface area (Å²) in [7, 11) is 0. The van der Waals surface area contributed by atoms with Crippen molar-refractivity contribution < 1.29 is 0 Å². The van der Waals surface area contributed by atoms with Crippen LogP contribution in [0.4, 0.5) is 11.4 Å². The molecule has 0 amide bonds. The number of rotatable bonds is 3. The van der Waals surface area contributed by atoms with Gasteiger partial charge in [0.05, 0.1) is 17.6 Å². The van der Waals surface area contributed by atoms with Gasteiger partial charge in [0.1, 0.15) is 0 Å². The maximum Gasteiger partial charge on any atom is 0.0805 e. The summed E-state index contributed by atoms with van der Waals surface area (Å²) < 4.78 is 0. The lowest BCUT2D eigenvalue weighted by Crippen LogP contribution is -1.95. The molecule has 0 radical (unpaired) electrons. The van der Waals surface area contributed by atoms with Gasteiger partial charge in [0.25, 0.3) is 0 Å². The molecule has 4 heteroatoms. The highest BCUT2D eigenvalue weighted by Crippen LogP contribution is 2.22. The van der Waals surface area contributed by atoms with Gasteiger partial charge >= 0.3 is 0 Å². The molecule has 0 atom stereocenters. The first-order valence-corrected chi connectivity index (χ1v) is 5.52. The van der Waals surface area contributed by atoms with E-state index in [1.165, 1.54) is 0 Å². The highest BCUT2D eigenvalue weighted by Gasteiger charge is 1.97. The highest BCUT2D eigenvalue weighted by atomic mass is 35.5. The monoisotopic (exact) mass is 245 g/mol. The van der Waals surface area contributed by atoms with Crippen molar-refractivity contribution in [3.8, 4) is 0 Å². The van der Waals surface area contributed by atoms with Crippen LogP contribution in [0.25, 0.3) is 0 Å². The van der Waals surface area contributed by atoms with E-state index in [2.05, 4.69) is 10.5 Å². The number of nitrogen functional groups attached to an aromatic ring is 1. The van der Waals surface area contributed by atoms with Gasteiger partial charge in [-0.25, -0.2) is 0 Å². The van der Waals surface area contributed by atoms with Crippen molar-refractivity contribution in [2.45, 2.75) is 0 Å². The molecule has 3 nitrogen and oxygen atoms in total. The fraction of sp³-hybridized carbons (Fsp3) is 0. The van der Waals surface area contributed by atoms with Crippen LogP contribution in [0, 0.1) is 0 Å². The van der Waals surface area contributed by atoms with Gasteiger partial charge in [0, 0.05) is 5.02 Å². The van der Waals surface area contributed by atoms with Crippen LogP contribution in [-0.4, -0.2) is 6.21 Å². The maximum atomic E-state index is 5.87. The standard InChI is InChI=1S/C13H12ClN3/c14-11-6-7-12(15)13(8-11)17-16-9-10-4-2-1-3-5-10/h1-9,17H,15H2/b16-9-. The van der Waals surface area contributed by atoms with Crippen LogP contribution in [0.1, 0.15) is 5.56 Å².